The fraction of sp³-hybridized carbons (Fsp3) is 0.182. The second kappa shape index (κ2) is 4.45. The number of cyclic esters (lactones) is 1. The molecule has 0 unspecified atom stereocenters. The van der Waals surface area contributed by atoms with Gasteiger partial charge in [-0.2, -0.15) is 0 Å². The zero-order valence-corrected chi connectivity index (χ0v) is 7.62. The molecule has 68 valence electrons. The van der Waals surface area contributed by atoms with Crippen molar-refractivity contribution >= 4 is 5.97 Å². The lowest BCUT2D eigenvalue weighted by Gasteiger charge is -1.87. The number of hydrogen-bond acceptors (Lipinski definition) is 2. The number of allylic oxidation sites excluding steroid dienone is 1. The molecule has 0 aromatic heterocycles. The summed E-state index contributed by atoms with van der Waals surface area (Å²) in [5.74, 6) is -0.199. The molecule has 2 rings (SSSR count). The summed E-state index contributed by atoms with van der Waals surface area (Å²) in [6.07, 6.45) is 1.75. The number of esters is 1. The van der Waals surface area contributed by atoms with Crippen LogP contribution >= 0.6 is 0 Å². The lowest BCUT2D eigenvalue weighted by molar-refractivity contribution is 0.0535. The van der Waals surface area contributed by atoms with Crippen LogP contribution in [0.3, 0.4) is 0 Å². The lowest BCUT2D eigenvalue weighted by Crippen LogP contribution is -1.91. The summed E-state index contributed by atoms with van der Waals surface area (Å²) in [7, 11) is 0. The number of hydrogen-bond donors (Lipinski definition) is 0. The maximum Gasteiger partial charge on any atom is 0.338 e. The molecule has 0 spiro atoms. The van der Waals surface area contributed by atoms with Gasteiger partial charge in [0.1, 0.15) is 6.61 Å². The molecule has 0 aliphatic carbocycles. The Balaban J connectivity index is 0.000000251. The van der Waals surface area contributed by atoms with Gasteiger partial charge in [0.05, 0.1) is 5.56 Å². The van der Waals surface area contributed by atoms with Gasteiger partial charge in [-0.3, -0.25) is 0 Å². The van der Waals surface area contributed by atoms with Gasteiger partial charge < -0.3 is 4.74 Å². The van der Waals surface area contributed by atoms with Crippen molar-refractivity contribution in [1.82, 2.24) is 0 Å². The lowest BCUT2D eigenvalue weighted by atomic mass is 10.1. The maximum absolute atomic E-state index is 10.8. The smallest absolute Gasteiger partial charge is 0.338 e. The highest BCUT2D eigenvalue weighted by Gasteiger charge is 2.18. The van der Waals surface area contributed by atoms with Gasteiger partial charge in [-0.25, -0.2) is 4.79 Å². The first-order valence-electron chi connectivity index (χ1n) is 4.11. The van der Waals surface area contributed by atoms with E-state index in [1.54, 1.807) is 12.1 Å². The van der Waals surface area contributed by atoms with Crippen LogP contribution in [0.1, 0.15) is 22.8 Å². The van der Waals surface area contributed by atoms with Gasteiger partial charge in [0, 0.05) is 5.56 Å². The van der Waals surface area contributed by atoms with E-state index in [1.807, 2.05) is 25.1 Å². The highest BCUT2D eigenvalue weighted by atomic mass is 16.5. The first kappa shape index (κ1) is 9.52. The summed E-state index contributed by atoms with van der Waals surface area (Å²) in [6, 6.07) is 7.43. The van der Waals surface area contributed by atoms with Gasteiger partial charge in [-0.05, 0) is 13.0 Å². The van der Waals surface area contributed by atoms with Gasteiger partial charge in [-0.1, -0.05) is 24.3 Å². The molecule has 0 radical (unpaired) electrons. The van der Waals surface area contributed by atoms with Crippen molar-refractivity contribution in [3.05, 3.63) is 48.0 Å². The molecule has 0 atom stereocenters. The normalized spacial score (nSPS) is 12.2. The van der Waals surface area contributed by atoms with E-state index in [9.17, 15) is 4.79 Å². The van der Waals surface area contributed by atoms with Gasteiger partial charge in [0.2, 0.25) is 0 Å². The maximum atomic E-state index is 10.8. The van der Waals surface area contributed by atoms with E-state index in [0.29, 0.717) is 12.2 Å². The summed E-state index contributed by atoms with van der Waals surface area (Å²) >= 11 is 0. The number of carbonyl (C=O) groups excluding carboxylic acids is 1. The molecule has 1 aromatic rings. The number of carbonyl (C=O) groups is 1. The molecule has 1 aliphatic rings. The van der Waals surface area contributed by atoms with Gasteiger partial charge >= 0.3 is 5.97 Å². The van der Waals surface area contributed by atoms with E-state index < -0.39 is 0 Å². The standard InChI is InChI=1S/C8H6O2.C3H6/c9-8-7-4-2-1-3-6(7)5-10-8;1-3-2/h1-4H,5H2;3H,1H2,2H3. The minimum absolute atomic E-state index is 0.199. The van der Waals surface area contributed by atoms with Crippen molar-refractivity contribution < 1.29 is 9.53 Å². The third-order valence-electron chi connectivity index (χ3n) is 1.60. The van der Waals surface area contributed by atoms with Crippen LogP contribution in [0.4, 0.5) is 0 Å². The molecule has 0 amide bonds. The van der Waals surface area contributed by atoms with Crippen LogP contribution in [0.25, 0.3) is 0 Å². The van der Waals surface area contributed by atoms with Crippen molar-refractivity contribution in [2.75, 3.05) is 0 Å². The fourth-order valence-corrected chi connectivity index (χ4v) is 1.07. The Morgan fingerprint density at radius 2 is 2.08 bits per heavy atom. The predicted molar refractivity (Wildman–Crippen MR) is 51.4 cm³/mol. The summed E-state index contributed by atoms with van der Waals surface area (Å²) in [5, 5.41) is 0. The van der Waals surface area contributed by atoms with Crippen LogP contribution < -0.4 is 0 Å². The first-order chi connectivity index (χ1) is 6.29. The Bertz CT molecular complexity index is 316. The van der Waals surface area contributed by atoms with Crippen LogP contribution in [0.5, 0.6) is 0 Å². The van der Waals surface area contributed by atoms with Crippen LogP contribution in [0, 0.1) is 0 Å². The van der Waals surface area contributed by atoms with Gasteiger partial charge in [0.15, 0.2) is 0 Å². The van der Waals surface area contributed by atoms with E-state index in [4.69, 9.17) is 4.74 Å². The van der Waals surface area contributed by atoms with Gasteiger partial charge in [-0.15, -0.1) is 6.58 Å². The zero-order chi connectivity index (χ0) is 9.68. The predicted octanol–water partition coefficient (Wildman–Crippen LogP) is 2.55. The summed E-state index contributed by atoms with van der Waals surface area (Å²) in [4.78, 5) is 10.8. The first-order valence-corrected chi connectivity index (χ1v) is 4.11. The molecule has 1 heterocycles. The topological polar surface area (TPSA) is 26.3 Å². The summed E-state index contributed by atoms with van der Waals surface area (Å²) < 4.78 is 4.78. The number of benzene rings is 1. The second-order valence-electron chi connectivity index (χ2n) is 2.64. The average Bonchev–Trinajstić information content (AvgIpc) is 2.50. The van der Waals surface area contributed by atoms with Crippen LogP contribution in [0.2, 0.25) is 0 Å². The highest BCUT2D eigenvalue weighted by molar-refractivity contribution is 5.93. The van der Waals surface area contributed by atoms with E-state index in [-0.39, 0.29) is 5.97 Å². The highest BCUT2D eigenvalue weighted by Crippen LogP contribution is 2.17. The van der Waals surface area contributed by atoms with E-state index in [0.717, 1.165) is 5.56 Å². The Morgan fingerprint density at radius 1 is 1.46 bits per heavy atom. The largest absolute Gasteiger partial charge is 0.457 e. The molecule has 2 heteroatoms. The molecule has 0 fully saturated rings. The number of rotatable bonds is 0. The molecule has 0 bridgehead atoms. The van der Waals surface area contributed by atoms with Crippen molar-refractivity contribution in [2.24, 2.45) is 0 Å². The molecular formula is C11H12O2. The molecule has 1 aliphatic heterocycles. The monoisotopic (exact) mass is 176 g/mol. The van der Waals surface area contributed by atoms with E-state index in [2.05, 4.69) is 6.58 Å². The van der Waals surface area contributed by atoms with Crippen molar-refractivity contribution in [2.45, 2.75) is 13.5 Å². The van der Waals surface area contributed by atoms with Gasteiger partial charge in [0.25, 0.3) is 0 Å². The minimum Gasteiger partial charge on any atom is -0.457 e. The molecule has 1 aromatic carbocycles. The Morgan fingerprint density at radius 3 is 2.69 bits per heavy atom. The van der Waals surface area contributed by atoms with Crippen molar-refractivity contribution in [3.8, 4) is 0 Å². The van der Waals surface area contributed by atoms with Crippen molar-refractivity contribution in [1.29, 1.82) is 0 Å². The molecule has 13 heavy (non-hydrogen) atoms. The Kier molecular flexibility index (Phi) is 3.26. The van der Waals surface area contributed by atoms with Crippen LogP contribution in [-0.2, 0) is 11.3 Å². The number of ether oxygens (including phenoxy) is 1. The molecular weight excluding hydrogens is 164 g/mol. The summed E-state index contributed by atoms with van der Waals surface area (Å²) in [6.45, 7) is 5.69. The molecule has 0 saturated carbocycles. The third kappa shape index (κ3) is 2.18. The SMILES string of the molecule is C=CC.O=C1OCc2ccccc21. The Hall–Kier alpha value is -1.57. The average molecular weight is 176 g/mol. The zero-order valence-electron chi connectivity index (χ0n) is 7.62. The summed E-state index contributed by atoms with van der Waals surface area (Å²) in [5.41, 5.74) is 1.70. The Labute approximate surface area is 77.8 Å². The van der Waals surface area contributed by atoms with Crippen LogP contribution in [0.15, 0.2) is 36.9 Å². The quantitative estimate of drug-likeness (QED) is 0.448. The molecule has 0 saturated heterocycles. The minimum atomic E-state index is -0.199. The third-order valence-corrected chi connectivity index (χ3v) is 1.60. The number of fused-ring (bicyclic) bond motifs is 1. The van der Waals surface area contributed by atoms with Crippen molar-refractivity contribution in [3.63, 3.8) is 0 Å². The second-order valence-corrected chi connectivity index (χ2v) is 2.64. The van der Waals surface area contributed by atoms with Crippen LogP contribution in [-0.4, -0.2) is 5.97 Å². The molecule has 0 N–H and O–H groups in total. The molecule has 2 nitrogen and oxygen atoms in total. The fourth-order valence-electron chi connectivity index (χ4n) is 1.07. The van der Waals surface area contributed by atoms with E-state index >= 15 is 0 Å². The van der Waals surface area contributed by atoms with E-state index in [1.165, 1.54) is 0 Å².